The van der Waals surface area contributed by atoms with E-state index in [9.17, 15) is 33.9 Å². The number of fused-ring (bicyclic) bond motifs is 5. The molecule has 6 rings (SSSR count). The number of methoxy groups -OCH3 is 1. The zero-order valence-corrected chi connectivity index (χ0v) is 42.6. The van der Waals surface area contributed by atoms with Crippen molar-refractivity contribution in [2.45, 2.75) is 110 Å². The van der Waals surface area contributed by atoms with Crippen LogP contribution in [0.1, 0.15) is 98.7 Å². The van der Waals surface area contributed by atoms with Gasteiger partial charge in [-0.3, -0.25) is 24.0 Å². The molecule has 0 fully saturated rings. The molecule has 0 saturated heterocycles. The van der Waals surface area contributed by atoms with Gasteiger partial charge in [0.15, 0.2) is 5.60 Å². The number of hydrogen-bond acceptors (Lipinski definition) is 16. The molecule has 1 aliphatic carbocycles. The number of carbonyl (C=O) groups is 5. The fourth-order valence-corrected chi connectivity index (χ4v) is 9.33. The summed E-state index contributed by atoms with van der Waals surface area (Å²) in [6.45, 7) is 10.8. The number of benzene rings is 1. The van der Waals surface area contributed by atoms with Crippen molar-refractivity contribution in [3.05, 3.63) is 61.7 Å². The van der Waals surface area contributed by atoms with Gasteiger partial charge in [-0.15, -0.1) is 0 Å². The topological polar surface area (TPSA) is 279 Å². The highest BCUT2D eigenvalue weighted by molar-refractivity contribution is 5.95. The first-order chi connectivity index (χ1) is 35.1. The molecule has 7 N–H and O–H groups in total. The number of nitrogens with two attached hydrogens (primary N) is 1. The molecule has 22 heteroatoms. The first kappa shape index (κ1) is 56.8. The van der Waals surface area contributed by atoms with Crippen LogP contribution in [0.15, 0.2) is 16.9 Å². The third-order valence-corrected chi connectivity index (χ3v) is 13.4. The highest BCUT2D eigenvalue weighted by Crippen LogP contribution is 2.46. The molecule has 4 atom stereocenters. The second kappa shape index (κ2) is 27.2. The Bertz CT molecular complexity index is 2510. The van der Waals surface area contributed by atoms with Crippen molar-refractivity contribution >= 4 is 40.5 Å². The summed E-state index contributed by atoms with van der Waals surface area (Å²) in [5.74, 6) is -3.80. The molecular formula is C51H72FN7O14. The van der Waals surface area contributed by atoms with Gasteiger partial charge in [0.1, 0.15) is 24.5 Å². The van der Waals surface area contributed by atoms with Crippen LogP contribution in [0.3, 0.4) is 0 Å². The Morgan fingerprint density at radius 3 is 2.15 bits per heavy atom. The summed E-state index contributed by atoms with van der Waals surface area (Å²) in [5, 5.41) is 23.3. The predicted octanol–water partition coefficient (Wildman–Crippen LogP) is 1.62. The maximum absolute atomic E-state index is 15.4. The number of aromatic nitrogens is 2. The lowest BCUT2D eigenvalue weighted by Crippen LogP contribution is -2.56. The fourth-order valence-electron chi connectivity index (χ4n) is 9.33. The largest absolute Gasteiger partial charge is 0.458 e. The van der Waals surface area contributed by atoms with Gasteiger partial charge in [0.05, 0.1) is 114 Å². The molecule has 3 aromatic rings. The molecule has 4 amide bonds. The molecule has 402 valence electrons. The van der Waals surface area contributed by atoms with Gasteiger partial charge < -0.3 is 69.8 Å². The summed E-state index contributed by atoms with van der Waals surface area (Å²) in [4.78, 5) is 85.9. The van der Waals surface area contributed by atoms with Crippen LogP contribution in [-0.4, -0.2) is 149 Å². The van der Waals surface area contributed by atoms with Crippen LogP contribution in [0.5, 0.6) is 0 Å². The van der Waals surface area contributed by atoms with E-state index in [1.165, 1.54) is 10.6 Å². The highest BCUT2D eigenvalue weighted by atomic mass is 19.1. The lowest BCUT2D eigenvalue weighted by Gasteiger charge is -2.31. The van der Waals surface area contributed by atoms with Gasteiger partial charge in [0.2, 0.25) is 23.6 Å². The number of aliphatic hydroxyl groups is 1. The first-order valence-corrected chi connectivity index (χ1v) is 25.2. The number of halogens is 1. The van der Waals surface area contributed by atoms with Crippen molar-refractivity contribution in [1.29, 1.82) is 0 Å². The van der Waals surface area contributed by atoms with E-state index in [0.717, 1.165) is 5.56 Å². The second-order valence-electron chi connectivity index (χ2n) is 18.6. The summed E-state index contributed by atoms with van der Waals surface area (Å²) in [5.41, 5.74) is 7.00. The van der Waals surface area contributed by atoms with E-state index in [4.69, 9.17) is 43.9 Å². The third kappa shape index (κ3) is 14.0. The lowest BCUT2D eigenvalue weighted by atomic mass is 9.81. The average molecular weight is 1030 g/mol. The Morgan fingerprint density at radius 2 is 1.53 bits per heavy atom. The summed E-state index contributed by atoms with van der Waals surface area (Å²) < 4.78 is 54.4. The maximum atomic E-state index is 15.4. The molecule has 0 spiro atoms. The predicted molar refractivity (Wildman–Crippen MR) is 264 cm³/mol. The van der Waals surface area contributed by atoms with Gasteiger partial charge >= 0.3 is 5.97 Å². The van der Waals surface area contributed by atoms with E-state index < -0.39 is 71.2 Å². The number of carbonyl (C=O) groups excluding carboxylic acids is 5. The number of cyclic esters (lactones) is 1. The number of esters is 1. The van der Waals surface area contributed by atoms with Crippen LogP contribution in [0.25, 0.3) is 22.3 Å². The van der Waals surface area contributed by atoms with Gasteiger partial charge in [-0.2, -0.15) is 0 Å². The minimum absolute atomic E-state index is 0.0162. The minimum Gasteiger partial charge on any atom is -0.458 e. The van der Waals surface area contributed by atoms with Crippen molar-refractivity contribution < 1.29 is 66.6 Å². The summed E-state index contributed by atoms with van der Waals surface area (Å²) in [6, 6.07) is 0.230. The molecule has 73 heavy (non-hydrogen) atoms. The molecule has 2 aromatic heterocycles. The Labute approximate surface area is 424 Å². The van der Waals surface area contributed by atoms with Crippen LogP contribution in [0, 0.1) is 18.7 Å². The maximum Gasteiger partial charge on any atom is 0.343 e. The summed E-state index contributed by atoms with van der Waals surface area (Å²) in [6.07, 6.45) is 2.00. The Kier molecular flexibility index (Phi) is 21.2. The van der Waals surface area contributed by atoms with E-state index in [2.05, 4.69) is 21.3 Å². The normalized spacial score (nSPS) is 17.4. The molecule has 4 unspecified atom stereocenters. The fraction of sp³-hybridized carbons (Fsp3) is 0.627. The number of amides is 4. The van der Waals surface area contributed by atoms with Gasteiger partial charge in [-0.05, 0) is 80.7 Å². The number of ether oxygens (including phenoxy) is 7. The van der Waals surface area contributed by atoms with Crippen molar-refractivity contribution in [1.82, 2.24) is 30.8 Å². The minimum atomic E-state index is -2.05. The molecule has 1 aromatic carbocycles. The zero-order chi connectivity index (χ0) is 52.7. The molecule has 21 nitrogen and oxygen atoms in total. The van der Waals surface area contributed by atoms with Crippen molar-refractivity contribution in [3.63, 3.8) is 0 Å². The lowest BCUT2D eigenvalue weighted by molar-refractivity contribution is -0.172. The number of unbranched alkanes of at least 4 members (excludes halogenated alkanes) is 1. The van der Waals surface area contributed by atoms with Gasteiger partial charge in [0, 0.05) is 36.1 Å². The molecule has 0 saturated carbocycles. The Balaban J connectivity index is 1.02. The number of rotatable bonds is 31. The van der Waals surface area contributed by atoms with E-state index in [1.54, 1.807) is 40.9 Å². The number of hydrogen-bond donors (Lipinski definition) is 6. The van der Waals surface area contributed by atoms with E-state index >= 15 is 4.39 Å². The number of aryl methyl sites for hydroxylation is 1. The van der Waals surface area contributed by atoms with Gasteiger partial charge in [-0.1, -0.05) is 20.8 Å². The highest BCUT2D eigenvalue weighted by Gasteiger charge is 2.46. The molecular weight excluding hydrogens is 954 g/mol. The quantitative estimate of drug-likeness (QED) is 0.0309. The number of nitrogens with one attached hydrogen (secondary N) is 4. The summed E-state index contributed by atoms with van der Waals surface area (Å²) in [7, 11) is 1.61. The molecule has 2 aliphatic heterocycles. The Hall–Kier alpha value is -5.46. The molecule has 3 aliphatic rings. The smallest absolute Gasteiger partial charge is 0.343 e. The van der Waals surface area contributed by atoms with Crippen LogP contribution >= 0.6 is 0 Å². The molecule has 0 bridgehead atoms. The second-order valence-corrected chi connectivity index (χ2v) is 18.6. The average Bonchev–Trinajstić information content (AvgIpc) is 3.74. The van der Waals surface area contributed by atoms with E-state index in [0.29, 0.717) is 131 Å². The molecule has 0 radical (unpaired) electrons. The zero-order valence-electron chi connectivity index (χ0n) is 42.6. The standard InChI is InChI=1S/C51H72FN7O14/c1-6-51(66)35-25-40-46-33(28-59(40)49(64)34(35)29-73-50(51)65)44-37(11-10-32-31(4)36(52)26-39(56-46)43(32)44)55-42(61)27-54-47(62)38(9-7-8-13-53)57-48(63)45(30(2)3)58-41(60)12-14-68-17-18-70-21-22-72-24-23-71-20-19-69-16-15-67-5/h25-26,30,37-38,45,66H,6-24,27-29,53H2,1-5H3,(H,54,62)(H,55,61)(H,57,63)(H,58,60). The van der Waals surface area contributed by atoms with Crippen LogP contribution in [0.4, 0.5) is 4.39 Å². The van der Waals surface area contributed by atoms with Crippen LogP contribution in [-0.2, 0) is 82.3 Å². The Morgan fingerprint density at radius 1 is 0.890 bits per heavy atom. The first-order valence-electron chi connectivity index (χ1n) is 25.2. The van der Waals surface area contributed by atoms with Crippen molar-refractivity contribution in [3.8, 4) is 11.4 Å². The van der Waals surface area contributed by atoms with Gasteiger partial charge in [-0.25, -0.2) is 14.2 Å². The summed E-state index contributed by atoms with van der Waals surface area (Å²) >= 11 is 0. The number of nitrogens with zero attached hydrogens (tertiary/aromatic N) is 2. The van der Waals surface area contributed by atoms with Gasteiger partial charge in [0.25, 0.3) is 5.56 Å². The third-order valence-electron chi connectivity index (χ3n) is 13.4. The van der Waals surface area contributed by atoms with E-state index in [1.807, 2.05) is 0 Å². The SMILES string of the molecule is CCC1(O)C(=O)OCc2c1cc1n(c2=O)Cc2c-1nc1cc(F)c(C)c3c1c2C(NC(=O)CNC(=O)C(CCCCN)NC(=O)C(NC(=O)CCOCCOCCOCCOCCOCCOC)C(C)C)CC3. The van der Waals surface area contributed by atoms with E-state index in [-0.39, 0.29) is 62.7 Å². The van der Waals surface area contributed by atoms with Crippen molar-refractivity contribution in [2.24, 2.45) is 11.7 Å². The van der Waals surface area contributed by atoms with Crippen LogP contribution in [0.2, 0.25) is 0 Å². The van der Waals surface area contributed by atoms with Crippen molar-refractivity contribution in [2.75, 3.05) is 92.9 Å². The molecule has 4 heterocycles. The monoisotopic (exact) mass is 1030 g/mol. The number of pyridine rings is 2. The van der Waals surface area contributed by atoms with Crippen LogP contribution < -0.4 is 32.6 Å².